The monoisotopic (exact) mass is 285 g/mol. The number of carbonyl (C=O) groups is 1. The van der Waals surface area contributed by atoms with Crippen LogP contribution in [0.5, 0.6) is 0 Å². The molecular formula is C12H6Cl2FNO2. The van der Waals surface area contributed by atoms with Gasteiger partial charge in [-0.2, -0.15) is 0 Å². The van der Waals surface area contributed by atoms with Gasteiger partial charge < -0.3 is 5.11 Å². The van der Waals surface area contributed by atoms with Gasteiger partial charge in [0.1, 0.15) is 11.0 Å². The summed E-state index contributed by atoms with van der Waals surface area (Å²) in [5.41, 5.74) is 0.0628. The number of hydrogen-bond acceptors (Lipinski definition) is 2. The topological polar surface area (TPSA) is 50.2 Å². The molecule has 0 saturated carbocycles. The van der Waals surface area contributed by atoms with Gasteiger partial charge in [-0.3, -0.25) is 0 Å². The predicted octanol–water partition coefficient (Wildman–Crippen LogP) is 3.89. The summed E-state index contributed by atoms with van der Waals surface area (Å²) in [6.07, 6.45) is 0. The molecule has 1 aromatic heterocycles. The van der Waals surface area contributed by atoms with E-state index >= 15 is 0 Å². The van der Waals surface area contributed by atoms with Gasteiger partial charge in [-0.05, 0) is 18.2 Å². The van der Waals surface area contributed by atoms with Crippen molar-refractivity contribution in [1.29, 1.82) is 0 Å². The zero-order chi connectivity index (χ0) is 13.3. The van der Waals surface area contributed by atoms with Crippen molar-refractivity contribution in [2.75, 3.05) is 0 Å². The molecule has 0 radical (unpaired) electrons. The summed E-state index contributed by atoms with van der Waals surface area (Å²) >= 11 is 11.6. The van der Waals surface area contributed by atoms with Crippen LogP contribution in [0, 0.1) is 5.82 Å². The Balaban J connectivity index is 2.64. The minimum Gasteiger partial charge on any atom is -0.478 e. The quantitative estimate of drug-likeness (QED) is 0.852. The second-order valence-electron chi connectivity index (χ2n) is 3.44. The highest BCUT2D eigenvalue weighted by Crippen LogP contribution is 2.31. The van der Waals surface area contributed by atoms with E-state index in [1.54, 1.807) is 6.07 Å². The second kappa shape index (κ2) is 4.92. The zero-order valence-corrected chi connectivity index (χ0v) is 10.3. The van der Waals surface area contributed by atoms with E-state index in [-0.39, 0.29) is 27.0 Å². The molecule has 0 aliphatic rings. The number of carboxylic acid groups (broad SMARTS) is 1. The average molecular weight is 286 g/mol. The maximum absolute atomic E-state index is 13.6. The lowest BCUT2D eigenvalue weighted by Gasteiger charge is -2.07. The number of pyridine rings is 1. The van der Waals surface area contributed by atoms with Gasteiger partial charge in [-0.15, -0.1) is 0 Å². The van der Waals surface area contributed by atoms with Crippen LogP contribution in [-0.4, -0.2) is 16.1 Å². The first kappa shape index (κ1) is 12.8. The molecule has 1 N–H and O–H groups in total. The van der Waals surface area contributed by atoms with Crippen molar-refractivity contribution in [2.45, 2.75) is 0 Å². The maximum Gasteiger partial charge on any atom is 0.338 e. The van der Waals surface area contributed by atoms with E-state index in [4.69, 9.17) is 28.3 Å². The van der Waals surface area contributed by atoms with Crippen LogP contribution in [0.4, 0.5) is 4.39 Å². The molecule has 0 amide bonds. The number of aromatic carboxylic acids is 1. The van der Waals surface area contributed by atoms with Crippen LogP contribution in [0.2, 0.25) is 10.2 Å². The van der Waals surface area contributed by atoms with E-state index in [0.29, 0.717) is 0 Å². The van der Waals surface area contributed by atoms with Crippen molar-refractivity contribution >= 4 is 29.2 Å². The largest absolute Gasteiger partial charge is 0.478 e. The Hall–Kier alpha value is -1.65. The van der Waals surface area contributed by atoms with Crippen LogP contribution >= 0.6 is 23.2 Å². The average Bonchev–Trinajstić information content (AvgIpc) is 2.32. The molecule has 0 saturated heterocycles. The number of benzene rings is 1. The Kier molecular flexibility index (Phi) is 3.50. The molecule has 0 unspecified atom stereocenters. The Morgan fingerprint density at radius 1 is 1.28 bits per heavy atom. The first-order valence-electron chi connectivity index (χ1n) is 4.85. The number of aromatic nitrogens is 1. The van der Waals surface area contributed by atoms with Crippen molar-refractivity contribution < 1.29 is 14.3 Å². The Bertz CT molecular complexity index is 631. The van der Waals surface area contributed by atoms with E-state index in [1.807, 2.05) is 0 Å². The molecule has 0 fully saturated rings. The number of hydrogen-bond donors (Lipinski definition) is 1. The summed E-state index contributed by atoms with van der Waals surface area (Å²) in [6.45, 7) is 0. The number of nitrogens with zero attached hydrogens (tertiary/aromatic N) is 1. The van der Waals surface area contributed by atoms with Crippen LogP contribution in [0.3, 0.4) is 0 Å². The van der Waals surface area contributed by atoms with E-state index < -0.39 is 11.8 Å². The third-order valence-electron chi connectivity index (χ3n) is 2.29. The third-order valence-corrected chi connectivity index (χ3v) is 2.87. The van der Waals surface area contributed by atoms with Crippen molar-refractivity contribution in [3.8, 4) is 11.3 Å². The summed E-state index contributed by atoms with van der Waals surface area (Å²) in [6, 6.07) is 7.04. The molecular weight excluding hydrogens is 280 g/mol. The lowest BCUT2D eigenvalue weighted by Crippen LogP contribution is -2.01. The van der Waals surface area contributed by atoms with Gasteiger partial charge in [0, 0.05) is 5.56 Å². The fraction of sp³-hybridized carbons (Fsp3) is 0. The molecule has 3 nitrogen and oxygen atoms in total. The van der Waals surface area contributed by atoms with Gasteiger partial charge in [-0.25, -0.2) is 14.2 Å². The number of carboxylic acids is 1. The Morgan fingerprint density at radius 3 is 2.56 bits per heavy atom. The molecule has 1 heterocycles. The van der Waals surface area contributed by atoms with E-state index in [0.717, 1.165) is 6.07 Å². The summed E-state index contributed by atoms with van der Waals surface area (Å²) in [7, 11) is 0. The van der Waals surface area contributed by atoms with Crippen molar-refractivity contribution in [2.24, 2.45) is 0 Å². The van der Waals surface area contributed by atoms with Gasteiger partial charge in [-0.1, -0.05) is 35.3 Å². The van der Waals surface area contributed by atoms with Gasteiger partial charge in [0.2, 0.25) is 0 Å². The lowest BCUT2D eigenvalue weighted by atomic mass is 10.1. The van der Waals surface area contributed by atoms with Crippen LogP contribution in [0.15, 0.2) is 30.3 Å². The van der Waals surface area contributed by atoms with Gasteiger partial charge in [0.25, 0.3) is 0 Å². The van der Waals surface area contributed by atoms with Crippen molar-refractivity contribution in [1.82, 2.24) is 4.98 Å². The molecule has 1 aromatic carbocycles. The molecule has 0 bridgehead atoms. The minimum atomic E-state index is -1.24. The number of halogens is 3. The van der Waals surface area contributed by atoms with E-state index in [2.05, 4.69) is 4.98 Å². The smallest absolute Gasteiger partial charge is 0.338 e. The van der Waals surface area contributed by atoms with E-state index in [1.165, 1.54) is 18.2 Å². The highest BCUT2D eigenvalue weighted by Gasteiger charge is 2.17. The van der Waals surface area contributed by atoms with Crippen LogP contribution in [-0.2, 0) is 0 Å². The highest BCUT2D eigenvalue weighted by molar-refractivity contribution is 6.36. The molecule has 0 aliphatic heterocycles. The second-order valence-corrected chi connectivity index (χ2v) is 4.21. The van der Waals surface area contributed by atoms with Gasteiger partial charge in [0.15, 0.2) is 0 Å². The molecule has 0 spiro atoms. The minimum absolute atomic E-state index is 0.0295. The molecule has 6 heteroatoms. The van der Waals surface area contributed by atoms with E-state index in [9.17, 15) is 9.18 Å². The number of rotatable bonds is 2. The molecule has 18 heavy (non-hydrogen) atoms. The zero-order valence-electron chi connectivity index (χ0n) is 8.82. The molecule has 0 atom stereocenters. The first-order chi connectivity index (χ1) is 8.50. The fourth-order valence-electron chi connectivity index (χ4n) is 1.46. The van der Waals surface area contributed by atoms with Crippen LogP contribution < -0.4 is 0 Å². The predicted molar refractivity (Wildman–Crippen MR) is 66.6 cm³/mol. The Labute approximate surface area is 112 Å². The summed E-state index contributed by atoms with van der Waals surface area (Å²) in [5, 5.41) is 8.65. The maximum atomic E-state index is 13.6. The summed E-state index contributed by atoms with van der Waals surface area (Å²) in [4.78, 5) is 14.7. The lowest BCUT2D eigenvalue weighted by molar-refractivity contribution is 0.0696. The van der Waals surface area contributed by atoms with Crippen LogP contribution in [0.25, 0.3) is 11.3 Å². The van der Waals surface area contributed by atoms with Gasteiger partial charge >= 0.3 is 5.97 Å². The molecule has 92 valence electrons. The SMILES string of the molecule is O=C(O)c1cc(Cl)c(-c2ccccc2F)nc1Cl. The van der Waals surface area contributed by atoms with Crippen molar-refractivity contribution in [3.05, 3.63) is 51.9 Å². The fourth-order valence-corrected chi connectivity index (χ4v) is 1.93. The molecule has 0 aliphatic carbocycles. The molecule has 2 rings (SSSR count). The third kappa shape index (κ3) is 2.30. The van der Waals surface area contributed by atoms with Crippen LogP contribution in [0.1, 0.15) is 10.4 Å². The first-order valence-corrected chi connectivity index (χ1v) is 5.60. The highest BCUT2D eigenvalue weighted by atomic mass is 35.5. The summed E-state index contributed by atoms with van der Waals surface area (Å²) in [5.74, 6) is -1.75. The summed E-state index contributed by atoms with van der Waals surface area (Å²) < 4.78 is 13.6. The molecule has 2 aromatic rings. The van der Waals surface area contributed by atoms with Crippen molar-refractivity contribution in [3.63, 3.8) is 0 Å². The standard InChI is InChI=1S/C12H6Cl2FNO2/c13-8-5-7(12(17)18)11(14)16-10(8)6-3-1-2-4-9(6)15/h1-5H,(H,17,18). The Morgan fingerprint density at radius 2 is 1.94 bits per heavy atom. The van der Waals surface area contributed by atoms with Gasteiger partial charge in [0.05, 0.1) is 16.3 Å². The normalized spacial score (nSPS) is 10.4.